The number of aldehydes is 1. The first-order chi connectivity index (χ1) is 5.40. The Kier molecular flexibility index (Phi) is 1.50. The monoisotopic (exact) mass is 146 g/mol. The summed E-state index contributed by atoms with van der Waals surface area (Å²) in [5.41, 5.74) is 3.61. The minimum atomic E-state index is 0.811. The van der Waals surface area contributed by atoms with E-state index in [1.54, 1.807) is 0 Å². The SMILES string of the molecule is O=Cc1ccc2c(c1)CCC2. The second-order valence-electron chi connectivity index (χ2n) is 3.00. The molecule has 1 aromatic rings. The van der Waals surface area contributed by atoms with Crippen LogP contribution < -0.4 is 0 Å². The third-order valence-corrected chi connectivity index (χ3v) is 2.26. The summed E-state index contributed by atoms with van der Waals surface area (Å²) in [5, 5.41) is 0. The molecule has 0 spiro atoms. The zero-order valence-electron chi connectivity index (χ0n) is 6.34. The Balaban J connectivity index is 2.48. The molecule has 0 aliphatic heterocycles. The van der Waals surface area contributed by atoms with Gasteiger partial charge >= 0.3 is 0 Å². The number of aryl methyl sites for hydroxylation is 2. The molecule has 1 aromatic carbocycles. The molecule has 56 valence electrons. The third kappa shape index (κ3) is 1.07. The third-order valence-electron chi connectivity index (χ3n) is 2.26. The van der Waals surface area contributed by atoms with E-state index in [-0.39, 0.29) is 0 Å². The molecule has 2 rings (SSSR count). The van der Waals surface area contributed by atoms with Crippen molar-refractivity contribution in [3.63, 3.8) is 0 Å². The van der Waals surface area contributed by atoms with Gasteiger partial charge in [-0.1, -0.05) is 12.1 Å². The number of fused-ring (bicyclic) bond motifs is 1. The van der Waals surface area contributed by atoms with E-state index in [0.29, 0.717) is 0 Å². The van der Waals surface area contributed by atoms with Crippen LogP contribution in [-0.2, 0) is 12.8 Å². The van der Waals surface area contributed by atoms with Gasteiger partial charge in [0.15, 0.2) is 0 Å². The zero-order valence-corrected chi connectivity index (χ0v) is 6.34. The predicted molar refractivity (Wildman–Crippen MR) is 43.9 cm³/mol. The van der Waals surface area contributed by atoms with Crippen molar-refractivity contribution in [2.75, 3.05) is 0 Å². The molecule has 0 amide bonds. The Labute approximate surface area is 66.0 Å². The maximum Gasteiger partial charge on any atom is 0.150 e. The summed E-state index contributed by atoms with van der Waals surface area (Å²) >= 11 is 0. The number of carbonyl (C=O) groups is 1. The lowest BCUT2D eigenvalue weighted by atomic mass is 10.1. The van der Waals surface area contributed by atoms with Gasteiger partial charge in [-0.3, -0.25) is 4.79 Å². The minimum absolute atomic E-state index is 0.811. The minimum Gasteiger partial charge on any atom is -0.298 e. The Bertz CT molecular complexity index is 289. The molecule has 0 heterocycles. The van der Waals surface area contributed by atoms with Crippen molar-refractivity contribution in [2.24, 2.45) is 0 Å². The summed E-state index contributed by atoms with van der Waals surface area (Å²) in [6.07, 6.45) is 4.50. The molecule has 0 radical (unpaired) electrons. The second kappa shape index (κ2) is 2.50. The van der Waals surface area contributed by atoms with Crippen molar-refractivity contribution in [3.05, 3.63) is 34.9 Å². The van der Waals surface area contributed by atoms with Crippen LogP contribution in [0, 0.1) is 0 Å². The normalized spacial score (nSPS) is 14.5. The van der Waals surface area contributed by atoms with Crippen LogP contribution in [0.25, 0.3) is 0 Å². The van der Waals surface area contributed by atoms with E-state index in [1.165, 1.54) is 24.0 Å². The van der Waals surface area contributed by atoms with Gasteiger partial charge in [0.05, 0.1) is 0 Å². The largest absolute Gasteiger partial charge is 0.298 e. The fourth-order valence-corrected chi connectivity index (χ4v) is 1.67. The number of carbonyl (C=O) groups excluding carboxylic acids is 1. The highest BCUT2D eigenvalue weighted by Gasteiger charge is 2.09. The molecule has 0 aromatic heterocycles. The lowest BCUT2D eigenvalue weighted by Crippen LogP contribution is -1.85. The van der Waals surface area contributed by atoms with Crippen LogP contribution in [0.4, 0.5) is 0 Å². The van der Waals surface area contributed by atoms with E-state index >= 15 is 0 Å². The van der Waals surface area contributed by atoms with Crippen molar-refractivity contribution in [2.45, 2.75) is 19.3 Å². The molecule has 0 fully saturated rings. The quantitative estimate of drug-likeness (QED) is 0.554. The van der Waals surface area contributed by atoms with E-state index in [2.05, 4.69) is 6.07 Å². The molecule has 11 heavy (non-hydrogen) atoms. The highest BCUT2D eigenvalue weighted by atomic mass is 16.1. The molecule has 0 saturated heterocycles. The molecule has 0 atom stereocenters. The Morgan fingerprint density at radius 2 is 2.00 bits per heavy atom. The molecule has 0 unspecified atom stereocenters. The van der Waals surface area contributed by atoms with E-state index in [1.807, 2.05) is 12.1 Å². The number of rotatable bonds is 1. The van der Waals surface area contributed by atoms with Gasteiger partial charge in [0.2, 0.25) is 0 Å². The van der Waals surface area contributed by atoms with Crippen molar-refractivity contribution >= 4 is 6.29 Å². The van der Waals surface area contributed by atoms with Crippen molar-refractivity contribution in [1.29, 1.82) is 0 Å². The summed E-state index contributed by atoms with van der Waals surface area (Å²) in [7, 11) is 0. The first kappa shape index (κ1) is 6.59. The van der Waals surface area contributed by atoms with E-state index in [4.69, 9.17) is 0 Å². The fraction of sp³-hybridized carbons (Fsp3) is 0.300. The standard InChI is InChI=1S/C10H10O/c11-7-8-4-5-9-2-1-3-10(9)6-8/h4-7H,1-3H2. The smallest absolute Gasteiger partial charge is 0.150 e. The lowest BCUT2D eigenvalue weighted by molar-refractivity contribution is 0.112. The summed E-state index contributed by atoms with van der Waals surface area (Å²) < 4.78 is 0. The fourth-order valence-electron chi connectivity index (χ4n) is 1.67. The van der Waals surface area contributed by atoms with Crippen LogP contribution in [-0.4, -0.2) is 6.29 Å². The highest BCUT2D eigenvalue weighted by molar-refractivity contribution is 5.75. The first-order valence-corrected chi connectivity index (χ1v) is 3.97. The van der Waals surface area contributed by atoms with Crippen LogP contribution in [0.15, 0.2) is 18.2 Å². The number of hydrogen-bond donors (Lipinski definition) is 0. The molecule has 1 heteroatoms. The summed E-state index contributed by atoms with van der Waals surface area (Å²) in [6.45, 7) is 0. The van der Waals surface area contributed by atoms with Gasteiger partial charge < -0.3 is 0 Å². The van der Waals surface area contributed by atoms with E-state index < -0.39 is 0 Å². The van der Waals surface area contributed by atoms with Crippen LogP contribution in [0.1, 0.15) is 27.9 Å². The number of hydrogen-bond acceptors (Lipinski definition) is 1. The lowest BCUT2D eigenvalue weighted by Gasteiger charge is -1.97. The Hall–Kier alpha value is -1.11. The highest BCUT2D eigenvalue weighted by Crippen LogP contribution is 2.21. The second-order valence-corrected chi connectivity index (χ2v) is 3.00. The average Bonchev–Trinajstić information content (AvgIpc) is 2.50. The van der Waals surface area contributed by atoms with Gasteiger partial charge in [0.1, 0.15) is 6.29 Å². The first-order valence-electron chi connectivity index (χ1n) is 3.97. The van der Waals surface area contributed by atoms with Gasteiger partial charge in [0.25, 0.3) is 0 Å². The molecule has 0 saturated carbocycles. The molecular formula is C10H10O. The molecule has 1 aliphatic carbocycles. The van der Waals surface area contributed by atoms with Crippen molar-refractivity contribution in [1.82, 2.24) is 0 Å². The van der Waals surface area contributed by atoms with Gasteiger partial charge in [0, 0.05) is 5.56 Å². The van der Waals surface area contributed by atoms with Gasteiger partial charge in [-0.05, 0) is 36.5 Å². The summed E-state index contributed by atoms with van der Waals surface area (Å²) in [6, 6.07) is 5.98. The number of benzene rings is 1. The molecule has 1 aliphatic rings. The maximum absolute atomic E-state index is 10.4. The van der Waals surface area contributed by atoms with E-state index in [0.717, 1.165) is 18.3 Å². The van der Waals surface area contributed by atoms with Crippen LogP contribution >= 0.6 is 0 Å². The van der Waals surface area contributed by atoms with Crippen molar-refractivity contribution < 1.29 is 4.79 Å². The topological polar surface area (TPSA) is 17.1 Å². The molecule has 1 nitrogen and oxygen atoms in total. The van der Waals surface area contributed by atoms with E-state index in [9.17, 15) is 4.79 Å². The van der Waals surface area contributed by atoms with Crippen LogP contribution in [0.2, 0.25) is 0 Å². The maximum atomic E-state index is 10.4. The summed E-state index contributed by atoms with van der Waals surface area (Å²) in [4.78, 5) is 10.4. The van der Waals surface area contributed by atoms with Gasteiger partial charge in [-0.25, -0.2) is 0 Å². The van der Waals surface area contributed by atoms with Gasteiger partial charge in [-0.2, -0.15) is 0 Å². The molecule has 0 bridgehead atoms. The zero-order chi connectivity index (χ0) is 7.68. The summed E-state index contributed by atoms with van der Waals surface area (Å²) in [5.74, 6) is 0. The molecule has 0 N–H and O–H groups in total. The average molecular weight is 146 g/mol. The Morgan fingerprint density at radius 1 is 1.18 bits per heavy atom. The molecular weight excluding hydrogens is 136 g/mol. The predicted octanol–water partition coefficient (Wildman–Crippen LogP) is 1.99. The van der Waals surface area contributed by atoms with Crippen LogP contribution in [0.3, 0.4) is 0 Å². The van der Waals surface area contributed by atoms with Crippen molar-refractivity contribution in [3.8, 4) is 0 Å². The van der Waals surface area contributed by atoms with Crippen LogP contribution in [0.5, 0.6) is 0 Å². The Morgan fingerprint density at radius 3 is 2.82 bits per heavy atom. The van der Waals surface area contributed by atoms with Gasteiger partial charge in [-0.15, -0.1) is 0 Å².